The third kappa shape index (κ3) is 2.37. The number of nitrogen functional groups attached to an aromatic ring is 1. The number of sulfonamides is 1. The van der Waals surface area contributed by atoms with Crippen molar-refractivity contribution in [3.63, 3.8) is 0 Å². The second kappa shape index (κ2) is 4.36. The van der Waals surface area contributed by atoms with Crippen molar-refractivity contribution in [2.45, 2.75) is 43.3 Å². The van der Waals surface area contributed by atoms with Crippen LogP contribution in [0.2, 0.25) is 0 Å². The fraction of sp³-hybridized carbons (Fsp3) is 0.500. The van der Waals surface area contributed by atoms with Crippen molar-refractivity contribution in [1.82, 2.24) is 4.72 Å². The maximum absolute atomic E-state index is 12.9. The Kier molecular flexibility index (Phi) is 3.29. The standard InChI is InChI=1S/C12H15F3N2O2S/c1-7-3-4-8(2)10(9(7)16)20(18,19)17-11(5-6-11)12(13,14)15/h3-4,17H,5-6,16H2,1-2H3. The van der Waals surface area contributed by atoms with Gasteiger partial charge in [-0.1, -0.05) is 12.1 Å². The number of nitrogens with one attached hydrogen (secondary N) is 1. The molecule has 112 valence electrons. The van der Waals surface area contributed by atoms with E-state index in [1.54, 1.807) is 17.7 Å². The first-order valence-electron chi connectivity index (χ1n) is 5.96. The van der Waals surface area contributed by atoms with E-state index in [1.165, 1.54) is 13.0 Å². The maximum Gasteiger partial charge on any atom is 0.407 e. The molecule has 0 heterocycles. The Labute approximate surface area is 115 Å². The molecule has 2 rings (SSSR count). The number of alkyl halides is 3. The topological polar surface area (TPSA) is 72.2 Å². The molecule has 0 amide bonds. The Morgan fingerprint density at radius 2 is 1.70 bits per heavy atom. The number of nitrogens with two attached hydrogens (primary N) is 1. The molecular weight excluding hydrogens is 293 g/mol. The minimum atomic E-state index is -4.60. The first-order chi connectivity index (χ1) is 9.00. The molecule has 0 aromatic heterocycles. The van der Waals surface area contributed by atoms with E-state index in [-0.39, 0.29) is 23.4 Å². The molecule has 1 aromatic carbocycles. The van der Waals surface area contributed by atoms with Crippen LogP contribution in [0.25, 0.3) is 0 Å². The lowest BCUT2D eigenvalue weighted by molar-refractivity contribution is -0.160. The lowest BCUT2D eigenvalue weighted by Crippen LogP contribution is -2.48. The van der Waals surface area contributed by atoms with Crippen LogP contribution in [0.3, 0.4) is 0 Å². The predicted octanol–water partition coefficient (Wildman–Crippen LogP) is 2.26. The van der Waals surface area contributed by atoms with E-state index in [1.807, 2.05) is 0 Å². The number of aryl methyl sites for hydroxylation is 2. The van der Waals surface area contributed by atoms with Crippen LogP contribution in [0.5, 0.6) is 0 Å². The molecular formula is C12H15F3N2O2S. The van der Waals surface area contributed by atoms with Gasteiger partial charge in [-0.15, -0.1) is 0 Å². The van der Waals surface area contributed by atoms with Crippen LogP contribution in [0.15, 0.2) is 17.0 Å². The fourth-order valence-corrected chi connectivity index (χ4v) is 3.92. The summed E-state index contributed by atoms with van der Waals surface area (Å²) in [5.74, 6) is 0. The number of hydrogen-bond donors (Lipinski definition) is 2. The van der Waals surface area contributed by atoms with Crippen LogP contribution in [-0.2, 0) is 10.0 Å². The minimum absolute atomic E-state index is 0.0181. The van der Waals surface area contributed by atoms with Gasteiger partial charge in [0.2, 0.25) is 10.0 Å². The summed E-state index contributed by atoms with van der Waals surface area (Å²) in [6.07, 6.45) is -5.10. The molecule has 20 heavy (non-hydrogen) atoms. The molecule has 4 nitrogen and oxygen atoms in total. The van der Waals surface area contributed by atoms with E-state index in [9.17, 15) is 21.6 Å². The molecule has 3 N–H and O–H groups in total. The van der Waals surface area contributed by atoms with Crippen LogP contribution in [-0.4, -0.2) is 20.1 Å². The number of benzene rings is 1. The minimum Gasteiger partial charge on any atom is -0.397 e. The quantitative estimate of drug-likeness (QED) is 0.841. The van der Waals surface area contributed by atoms with E-state index in [2.05, 4.69) is 0 Å². The van der Waals surface area contributed by atoms with Crippen LogP contribution in [0, 0.1) is 13.8 Å². The van der Waals surface area contributed by atoms with Gasteiger partial charge in [0.05, 0.1) is 5.69 Å². The second-order valence-electron chi connectivity index (χ2n) is 5.13. The molecule has 0 radical (unpaired) electrons. The third-order valence-corrected chi connectivity index (χ3v) is 5.24. The molecule has 1 aromatic rings. The van der Waals surface area contributed by atoms with Gasteiger partial charge in [-0.3, -0.25) is 0 Å². The van der Waals surface area contributed by atoms with Crippen molar-refractivity contribution in [2.24, 2.45) is 0 Å². The number of hydrogen-bond acceptors (Lipinski definition) is 3. The van der Waals surface area contributed by atoms with Crippen molar-refractivity contribution in [2.75, 3.05) is 5.73 Å². The van der Waals surface area contributed by atoms with Gasteiger partial charge in [0.25, 0.3) is 0 Å². The van der Waals surface area contributed by atoms with E-state index >= 15 is 0 Å². The van der Waals surface area contributed by atoms with E-state index in [0.717, 1.165) is 0 Å². The van der Waals surface area contributed by atoms with E-state index in [4.69, 9.17) is 5.73 Å². The highest BCUT2D eigenvalue weighted by Crippen LogP contribution is 2.50. The van der Waals surface area contributed by atoms with Gasteiger partial charge in [0.15, 0.2) is 0 Å². The van der Waals surface area contributed by atoms with Gasteiger partial charge in [-0.2, -0.15) is 17.9 Å². The molecule has 1 aliphatic carbocycles. The Morgan fingerprint density at radius 1 is 1.20 bits per heavy atom. The summed E-state index contributed by atoms with van der Waals surface area (Å²) in [6.45, 7) is 3.10. The molecule has 0 atom stereocenters. The Bertz CT molecular complexity index is 649. The summed E-state index contributed by atoms with van der Waals surface area (Å²) in [7, 11) is -4.32. The molecule has 0 bridgehead atoms. The van der Waals surface area contributed by atoms with E-state index < -0.39 is 21.7 Å². The normalized spacial score (nSPS) is 18.1. The molecule has 1 saturated carbocycles. The van der Waals surface area contributed by atoms with E-state index in [0.29, 0.717) is 11.1 Å². The lowest BCUT2D eigenvalue weighted by atomic mass is 10.1. The summed E-state index contributed by atoms with van der Waals surface area (Å²) in [5, 5.41) is 0. The first-order valence-corrected chi connectivity index (χ1v) is 7.45. The molecule has 1 aliphatic rings. The average Bonchev–Trinajstić information content (AvgIpc) is 3.03. The van der Waals surface area contributed by atoms with Crippen LogP contribution >= 0.6 is 0 Å². The zero-order chi connectivity index (χ0) is 15.3. The van der Waals surface area contributed by atoms with Gasteiger partial charge < -0.3 is 5.73 Å². The summed E-state index contributed by atoms with van der Waals surface area (Å²) in [6, 6.07) is 3.15. The van der Waals surface area contributed by atoms with Crippen molar-refractivity contribution < 1.29 is 21.6 Å². The molecule has 0 spiro atoms. The average molecular weight is 308 g/mol. The van der Waals surface area contributed by atoms with Crippen molar-refractivity contribution in [1.29, 1.82) is 0 Å². The highest BCUT2D eigenvalue weighted by Gasteiger charge is 2.65. The van der Waals surface area contributed by atoms with Crippen LogP contribution < -0.4 is 10.5 Å². The zero-order valence-corrected chi connectivity index (χ0v) is 11.8. The summed E-state index contributed by atoms with van der Waals surface area (Å²) in [4.78, 5) is -0.270. The molecule has 0 aliphatic heterocycles. The first kappa shape index (κ1) is 15.1. The molecule has 0 unspecified atom stereocenters. The Morgan fingerprint density at radius 3 is 2.15 bits per heavy atom. The Hall–Kier alpha value is -1.28. The lowest BCUT2D eigenvalue weighted by Gasteiger charge is -2.22. The van der Waals surface area contributed by atoms with Crippen molar-refractivity contribution >= 4 is 15.7 Å². The number of halogens is 3. The monoisotopic (exact) mass is 308 g/mol. The fourth-order valence-electron chi connectivity index (χ4n) is 2.04. The third-order valence-electron chi connectivity index (χ3n) is 3.50. The zero-order valence-electron chi connectivity index (χ0n) is 11.0. The van der Waals surface area contributed by atoms with Gasteiger partial charge in [0.1, 0.15) is 10.4 Å². The summed E-state index contributed by atoms with van der Waals surface area (Å²) in [5.41, 5.74) is 4.19. The highest BCUT2D eigenvalue weighted by atomic mass is 32.2. The largest absolute Gasteiger partial charge is 0.407 e. The SMILES string of the molecule is Cc1ccc(C)c(S(=O)(=O)NC2(C(F)(F)F)CC2)c1N. The number of rotatable bonds is 3. The molecule has 8 heteroatoms. The maximum atomic E-state index is 12.9. The molecule has 0 saturated heterocycles. The summed E-state index contributed by atoms with van der Waals surface area (Å²) < 4.78 is 64.8. The summed E-state index contributed by atoms with van der Waals surface area (Å²) >= 11 is 0. The Balaban J connectivity index is 2.46. The van der Waals surface area contributed by atoms with Gasteiger partial charge in [-0.05, 0) is 37.8 Å². The number of anilines is 1. The van der Waals surface area contributed by atoms with Crippen molar-refractivity contribution in [3.8, 4) is 0 Å². The van der Waals surface area contributed by atoms with Crippen LogP contribution in [0.4, 0.5) is 18.9 Å². The van der Waals surface area contributed by atoms with Gasteiger partial charge in [-0.25, -0.2) is 8.42 Å². The van der Waals surface area contributed by atoms with Crippen molar-refractivity contribution in [3.05, 3.63) is 23.3 Å². The van der Waals surface area contributed by atoms with Gasteiger partial charge >= 0.3 is 6.18 Å². The highest BCUT2D eigenvalue weighted by molar-refractivity contribution is 7.89. The van der Waals surface area contributed by atoms with Gasteiger partial charge in [0, 0.05) is 0 Å². The second-order valence-corrected chi connectivity index (χ2v) is 6.75. The predicted molar refractivity (Wildman–Crippen MR) is 68.7 cm³/mol. The van der Waals surface area contributed by atoms with Crippen LogP contribution in [0.1, 0.15) is 24.0 Å². The molecule has 1 fully saturated rings. The smallest absolute Gasteiger partial charge is 0.397 e.